The van der Waals surface area contributed by atoms with Crippen LogP contribution in [0.3, 0.4) is 0 Å². The molecule has 0 fully saturated rings. The fourth-order valence-electron chi connectivity index (χ4n) is 2.25. The Morgan fingerprint density at radius 2 is 2.23 bits per heavy atom. The number of aromatic nitrogens is 2. The molecule has 1 atom stereocenters. The topological polar surface area (TPSA) is 54.9 Å². The summed E-state index contributed by atoms with van der Waals surface area (Å²) in [7, 11) is 0. The molecule has 0 saturated carbocycles. The van der Waals surface area contributed by atoms with Crippen LogP contribution in [-0.2, 0) is 4.79 Å². The molecule has 1 N–H and O–H groups in total. The van der Waals surface area contributed by atoms with Gasteiger partial charge in [-0.15, -0.1) is 10.2 Å². The van der Waals surface area contributed by atoms with Gasteiger partial charge >= 0.3 is 0 Å². The van der Waals surface area contributed by atoms with Gasteiger partial charge in [-0.3, -0.25) is 4.79 Å². The molecular formula is C15H23N3OS3. The van der Waals surface area contributed by atoms with Gasteiger partial charge in [0, 0.05) is 6.54 Å². The highest BCUT2D eigenvalue weighted by atomic mass is 32.2. The molecule has 0 aromatic carbocycles. The van der Waals surface area contributed by atoms with Crippen LogP contribution in [0.15, 0.2) is 20.3 Å². The molecule has 1 aromatic rings. The van der Waals surface area contributed by atoms with Gasteiger partial charge in [-0.05, 0) is 44.8 Å². The van der Waals surface area contributed by atoms with Gasteiger partial charge in [0.15, 0.2) is 8.68 Å². The summed E-state index contributed by atoms with van der Waals surface area (Å²) in [6, 6.07) is 0. The third kappa shape index (κ3) is 5.93. The van der Waals surface area contributed by atoms with Gasteiger partial charge in [-0.1, -0.05) is 53.4 Å². The number of nitrogens with zero attached hydrogens (tertiary/aromatic N) is 2. The Morgan fingerprint density at radius 3 is 2.95 bits per heavy atom. The van der Waals surface area contributed by atoms with Gasteiger partial charge < -0.3 is 5.32 Å². The molecule has 122 valence electrons. The van der Waals surface area contributed by atoms with E-state index in [0.29, 0.717) is 0 Å². The number of thioether (sulfide) groups is 2. The summed E-state index contributed by atoms with van der Waals surface area (Å²) >= 11 is 4.74. The molecule has 1 aliphatic rings. The van der Waals surface area contributed by atoms with Gasteiger partial charge in [0.25, 0.3) is 0 Å². The number of amides is 1. The van der Waals surface area contributed by atoms with E-state index in [-0.39, 0.29) is 11.2 Å². The highest BCUT2D eigenvalue weighted by Crippen LogP contribution is 2.31. The quantitative estimate of drug-likeness (QED) is 0.560. The second-order valence-electron chi connectivity index (χ2n) is 5.18. The maximum absolute atomic E-state index is 12.1. The minimum Gasteiger partial charge on any atom is -0.355 e. The Labute approximate surface area is 144 Å². The lowest BCUT2D eigenvalue weighted by molar-refractivity contribution is -0.120. The maximum Gasteiger partial charge on any atom is 0.233 e. The maximum atomic E-state index is 12.1. The molecule has 0 saturated heterocycles. The Kier molecular flexibility index (Phi) is 7.75. The summed E-state index contributed by atoms with van der Waals surface area (Å²) in [6.07, 6.45) is 8.32. The van der Waals surface area contributed by atoms with Crippen molar-refractivity contribution < 1.29 is 4.79 Å². The van der Waals surface area contributed by atoms with Crippen molar-refractivity contribution >= 4 is 40.8 Å². The van der Waals surface area contributed by atoms with Crippen LogP contribution >= 0.6 is 34.9 Å². The lowest BCUT2D eigenvalue weighted by Gasteiger charge is -2.14. The molecule has 2 rings (SSSR count). The van der Waals surface area contributed by atoms with E-state index in [1.165, 1.54) is 43.0 Å². The fourth-order valence-corrected chi connectivity index (χ4v) is 5.34. The molecule has 0 aliphatic heterocycles. The number of rotatable bonds is 8. The van der Waals surface area contributed by atoms with E-state index in [0.717, 1.165) is 27.4 Å². The number of allylic oxidation sites excluding steroid dienone is 1. The molecule has 22 heavy (non-hydrogen) atoms. The van der Waals surface area contributed by atoms with Gasteiger partial charge in [0.1, 0.15) is 0 Å². The first kappa shape index (κ1) is 17.8. The van der Waals surface area contributed by atoms with Crippen LogP contribution in [0.4, 0.5) is 0 Å². The molecule has 0 radical (unpaired) electrons. The van der Waals surface area contributed by atoms with Crippen LogP contribution in [0.1, 0.15) is 46.0 Å². The summed E-state index contributed by atoms with van der Waals surface area (Å²) in [5, 5.41) is 11.1. The largest absolute Gasteiger partial charge is 0.355 e. The lowest BCUT2D eigenvalue weighted by atomic mass is 9.97. The van der Waals surface area contributed by atoms with E-state index < -0.39 is 0 Å². The van der Waals surface area contributed by atoms with Crippen molar-refractivity contribution in [3.8, 4) is 0 Å². The molecule has 0 unspecified atom stereocenters. The summed E-state index contributed by atoms with van der Waals surface area (Å²) < 4.78 is 1.84. The van der Waals surface area contributed by atoms with Crippen molar-refractivity contribution in [2.24, 2.45) is 0 Å². The molecule has 0 spiro atoms. The van der Waals surface area contributed by atoms with E-state index in [2.05, 4.69) is 28.5 Å². The van der Waals surface area contributed by atoms with E-state index in [1.54, 1.807) is 23.1 Å². The zero-order valence-electron chi connectivity index (χ0n) is 13.1. The van der Waals surface area contributed by atoms with Gasteiger partial charge in [0.2, 0.25) is 5.91 Å². The van der Waals surface area contributed by atoms with Crippen LogP contribution in [-0.4, -0.2) is 33.7 Å². The Bertz CT molecular complexity index is 516. The number of nitrogens with one attached hydrogen (secondary N) is 1. The Balaban J connectivity index is 1.70. The lowest BCUT2D eigenvalue weighted by Crippen LogP contribution is -2.31. The zero-order chi connectivity index (χ0) is 15.8. The molecule has 1 amide bonds. The highest BCUT2D eigenvalue weighted by Gasteiger charge is 2.17. The first-order valence-electron chi connectivity index (χ1n) is 7.77. The van der Waals surface area contributed by atoms with Crippen LogP contribution < -0.4 is 5.32 Å². The highest BCUT2D eigenvalue weighted by molar-refractivity contribution is 8.03. The third-order valence-corrected chi connectivity index (χ3v) is 6.56. The molecule has 7 heteroatoms. The average Bonchev–Trinajstić information content (AvgIpc) is 2.96. The number of hydrogen-bond acceptors (Lipinski definition) is 6. The first-order valence-corrected chi connectivity index (χ1v) is 10.5. The van der Waals surface area contributed by atoms with Crippen molar-refractivity contribution in [3.63, 3.8) is 0 Å². The van der Waals surface area contributed by atoms with E-state index in [4.69, 9.17) is 0 Å². The monoisotopic (exact) mass is 357 g/mol. The van der Waals surface area contributed by atoms with Gasteiger partial charge in [-0.2, -0.15) is 0 Å². The summed E-state index contributed by atoms with van der Waals surface area (Å²) in [6.45, 7) is 4.76. The van der Waals surface area contributed by atoms with Crippen LogP contribution in [0.5, 0.6) is 0 Å². The Morgan fingerprint density at radius 1 is 1.41 bits per heavy atom. The van der Waals surface area contributed by atoms with Crippen molar-refractivity contribution in [2.75, 3.05) is 12.3 Å². The molecule has 0 bridgehead atoms. The first-order chi connectivity index (χ1) is 10.7. The van der Waals surface area contributed by atoms with Crippen molar-refractivity contribution in [1.29, 1.82) is 0 Å². The minimum atomic E-state index is -0.132. The smallest absolute Gasteiger partial charge is 0.233 e. The van der Waals surface area contributed by atoms with Crippen molar-refractivity contribution in [3.05, 3.63) is 11.6 Å². The van der Waals surface area contributed by atoms with Gasteiger partial charge in [-0.25, -0.2) is 0 Å². The average molecular weight is 358 g/mol. The predicted molar refractivity (Wildman–Crippen MR) is 95.8 cm³/mol. The molecule has 1 aliphatic carbocycles. The normalized spacial score (nSPS) is 16.2. The van der Waals surface area contributed by atoms with Crippen LogP contribution in [0, 0.1) is 0 Å². The Hall–Kier alpha value is -0.530. The standard InChI is InChI=1S/C15H23N3OS3/c1-3-20-14-17-18-15(22-14)21-11(2)13(19)16-10-9-12-7-5-4-6-8-12/h7,11H,3-6,8-10H2,1-2H3,(H,16,19)/t11-/m1/s1. The molecular weight excluding hydrogens is 334 g/mol. The number of carbonyl (C=O) groups is 1. The minimum absolute atomic E-state index is 0.0845. The van der Waals surface area contributed by atoms with E-state index >= 15 is 0 Å². The fraction of sp³-hybridized carbons (Fsp3) is 0.667. The van der Waals surface area contributed by atoms with Crippen LogP contribution in [0.2, 0.25) is 0 Å². The molecule has 1 aromatic heterocycles. The summed E-state index contributed by atoms with van der Waals surface area (Å²) in [4.78, 5) is 12.1. The van der Waals surface area contributed by atoms with Gasteiger partial charge in [0.05, 0.1) is 5.25 Å². The van der Waals surface area contributed by atoms with Crippen molar-refractivity contribution in [2.45, 2.75) is 59.9 Å². The second-order valence-corrected chi connectivity index (χ2v) is 9.25. The zero-order valence-corrected chi connectivity index (χ0v) is 15.6. The second kappa shape index (κ2) is 9.57. The SMILES string of the molecule is CCSc1nnc(S[C@H](C)C(=O)NCCC2=CCCCC2)s1. The number of carbonyl (C=O) groups excluding carboxylic acids is 1. The summed E-state index contributed by atoms with van der Waals surface area (Å²) in [5.74, 6) is 1.08. The third-order valence-electron chi connectivity index (χ3n) is 3.43. The van der Waals surface area contributed by atoms with Crippen LogP contribution in [0.25, 0.3) is 0 Å². The van der Waals surface area contributed by atoms with E-state index in [1.807, 2.05) is 6.92 Å². The predicted octanol–water partition coefficient (Wildman–Crippen LogP) is 4.14. The molecule has 1 heterocycles. The van der Waals surface area contributed by atoms with Crippen molar-refractivity contribution in [1.82, 2.24) is 15.5 Å². The number of hydrogen-bond donors (Lipinski definition) is 1. The molecule has 4 nitrogen and oxygen atoms in total. The van der Waals surface area contributed by atoms with E-state index in [9.17, 15) is 4.79 Å². The summed E-state index contributed by atoms with van der Waals surface area (Å²) in [5.41, 5.74) is 1.50.